The first-order valence-corrected chi connectivity index (χ1v) is 10.3. The maximum absolute atomic E-state index is 13.2. The molecule has 0 radical (unpaired) electrons. The zero-order chi connectivity index (χ0) is 21.3. The molecular formula is C23H21N3O3S. The molecule has 1 aliphatic heterocycles. The average molecular weight is 420 g/mol. The summed E-state index contributed by atoms with van der Waals surface area (Å²) >= 11 is 1.29. The van der Waals surface area contributed by atoms with Gasteiger partial charge >= 0.3 is 0 Å². The van der Waals surface area contributed by atoms with Crippen molar-refractivity contribution in [1.82, 2.24) is 9.88 Å². The van der Waals surface area contributed by atoms with Crippen molar-refractivity contribution in [2.45, 2.75) is 12.6 Å². The number of Topliss-reactive ketones (excluding diaryl/α,β-unsaturated/α-hetero) is 1. The van der Waals surface area contributed by atoms with Crippen molar-refractivity contribution in [2.75, 3.05) is 19.0 Å². The van der Waals surface area contributed by atoms with Gasteiger partial charge in [0.1, 0.15) is 0 Å². The Bertz CT molecular complexity index is 1090. The Labute approximate surface area is 178 Å². The van der Waals surface area contributed by atoms with Gasteiger partial charge in [-0.1, -0.05) is 24.3 Å². The number of carbonyl (C=O) groups excluding carboxylic acids is 2. The Balaban J connectivity index is 1.78. The quantitative estimate of drug-likeness (QED) is 0.612. The van der Waals surface area contributed by atoms with E-state index < -0.39 is 17.7 Å². The molecule has 0 spiro atoms. The lowest BCUT2D eigenvalue weighted by atomic mass is 9.95. The van der Waals surface area contributed by atoms with Crippen LogP contribution in [0.2, 0.25) is 0 Å². The fraction of sp³-hybridized carbons (Fsp3) is 0.174. The topological polar surface area (TPSA) is 73.7 Å². The molecule has 4 rings (SSSR count). The van der Waals surface area contributed by atoms with Gasteiger partial charge in [0.25, 0.3) is 5.91 Å². The number of rotatable bonds is 6. The second-order valence-corrected chi connectivity index (χ2v) is 8.20. The molecule has 3 heterocycles. The standard InChI is InChI=1S/C23H21N3O3S/c1-25(2)17-9-7-16(8-10-17)20-19(21(27)18-6-4-12-30-18)22(28)23(29)26(20)14-15-5-3-11-24-13-15/h3-13,20,28H,14H2,1-2H3/t20-/m0/s1. The van der Waals surface area contributed by atoms with Gasteiger partial charge in [0.2, 0.25) is 5.78 Å². The van der Waals surface area contributed by atoms with E-state index in [1.807, 2.05) is 49.3 Å². The SMILES string of the molecule is CN(C)c1ccc([C@H]2C(C(=O)c3cccs3)=C(O)C(=O)N2Cc2cccnc2)cc1. The molecule has 1 aromatic carbocycles. The van der Waals surface area contributed by atoms with Crippen LogP contribution < -0.4 is 4.90 Å². The molecule has 0 unspecified atom stereocenters. The first-order chi connectivity index (χ1) is 14.5. The number of ketones is 1. The largest absolute Gasteiger partial charge is 0.503 e. The molecule has 0 fully saturated rings. The number of amides is 1. The third-order valence-electron chi connectivity index (χ3n) is 5.09. The maximum Gasteiger partial charge on any atom is 0.290 e. The maximum atomic E-state index is 13.2. The van der Waals surface area contributed by atoms with Crippen LogP contribution in [0.3, 0.4) is 0 Å². The molecular weight excluding hydrogens is 398 g/mol. The smallest absolute Gasteiger partial charge is 0.290 e. The first kappa shape index (κ1) is 19.8. The van der Waals surface area contributed by atoms with E-state index >= 15 is 0 Å². The number of benzene rings is 1. The highest BCUT2D eigenvalue weighted by molar-refractivity contribution is 7.12. The van der Waals surface area contributed by atoms with Gasteiger partial charge in [-0.2, -0.15) is 0 Å². The van der Waals surface area contributed by atoms with Crippen LogP contribution in [0.25, 0.3) is 0 Å². The Morgan fingerprint density at radius 1 is 1.17 bits per heavy atom. The van der Waals surface area contributed by atoms with Crippen molar-refractivity contribution in [1.29, 1.82) is 0 Å². The molecule has 0 saturated heterocycles. The molecule has 0 aliphatic carbocycles. The Morgan fingerprint density at radius 2 is 1.93 bits per heavy atom. The summed E-state index contributed by atoms with van der Waals surface area (Å²) in [6.07, 6.45) is 3.34. The number of aromatic nitrogens is 1. The summed E-state index contributed by atoms with van der Waals surface area (Å²) in [6, 6.07) is 14.1. The number of anilines is 1. The van der Waals surface area contributed by atoms with Gasteiger partial charge in [-0.3, -0.25) is 14.6 Å². The molecule has 7 heteroatoms. The molecule has 6 nitrogen and oxygen atoms in total. The molecule has 0 saturated carbocycles. The van der Waals surface area contributed by atoms with Gasteiger partial charge < -0.3 is 14.9 Å². The molecule has 1 amide bonds. The van der Waals surface area contributed by atoms with Crippen molar-refractivity contribution in [3.8, 4) is 0 Å². The second kappa shape index (κ2) is 8.12. The summed E-state index contributed by atoms with van der Waals surface area (Å²) < 4.78 is 0. The van der Waals surface area contributed by atoms with Gasteiger partial charge in [0.05, 0.1) is 16.5 Å². The third kappa shape index (κ3) is 3.59. The average Bonchev–Trinajstić information content (AvgIpc) is 3.37. The number of pyridine rings is 1. The van der Waals surface area contributed by atoms with E-state index in [4.69, 9.17) is 0 Å². The Kier molecular flexibility index (Phi) is 5.37. The highest BCUT2D eigenvalue weighted by Gasteiger charge is 2.43. The van der Waals surface area contributed by atoms with Crippen LogP contribution in [-0.2, 0) is 11.3 Å². The van der Waals surface area contributed by atoms with Gasteiger partial charge in [-0.15, -0.1) is 11.3 Å². The van der Waals surface area contributed by atoms with Crippen molar-refractivity contribution in [3.63, 3.8) is 0 Å². The van der Waals surface area contributed by atoms with Gasteiger partial charge in [0.15, 0.2) is 5.76 Å². The van der Waals surface area contributed by atoms with Crippen LogP contribution in [0.1, 0.15) is 26.8 Å². The molecule has 3 aromatic rings. The highest BCUT2D eigenvalue weighted by Crippen LogP contribution is 2.40. The van der Waals surface area contributed by atoms with Crippen LogP contribution >= 0.6 is 11.3 Å². The van der Waals surface area contributed by atoms with Crippen LogP contribution in [0.5, 0.6) is 0 Å². The minimum atomic E-state index is -0.677. The lowest BCUT2D eigenvalue weighted by Gasteiger charge is -2.27. The van der Waals surface area contributed by atoms with E-state index in [1.54, 1.807) is 36.0 Å². The van der Waals surface area contributed by atoms with E-state index in [1.165, 1.54) is 16.2 Å². The molecule has 0 bridgehead atoms. The summed E-state index contributed by atoms with van der Waals surface area (Å²) in [5.74, 6) is -1.37. The Morgan fingerprint density at radius 3 is 2.53 bits per heavy atom. The van der Waals surface area contributed by atoms with E-state index in [0.717, 1.165) is 16.8 Å². The van der Waals surface area contributed by atoms with E-state index in [0.29, 0.717) is 4.88 Å². The van der Waals surface area contributed by atoms with Gasteiger partial charge in [-0.25, -0.2) is 0 Å². The lowest BCUT2D eigenvalue weighted by molar-refractivity contribution is -0.130. The molecule has 1 N–H and O–H groups in total. The molecule has 152 valence electrons. The Hall–Kier alpha value is -3.45. The number of aliphatic hydroxyl groups is 1. The number of nitrogens with zero attached hydrogens (tertiary/aromatic N) is 3. The molecule has 2 aromatic heterocycles. The number of aliphatic hydroxyl groups excluding tert-OH is 1. The fourth-order valence-corrected chi connectivity index (χ4v) is 4.26. The summed E-state index contributed by atoms with van der Waals surface area (Å²) in [5.41, 5.74) is 2.70. The molecule has 1 aliphatic rings. The lowest BCUT2D eigenvalue weighted by Crippen LogP contribution is -2.30. The monoisotopic (exact) mass is 419 g/mol. The number of hydrogen-bond donors (Lipinski definition) is 1. The normalized spacial score (nSPS) is 16.3. The van der Waals surface area contributed by atoms with Crippen molar-refractivity contribution in [3.05, 3.63) is 93.6 Å². The summed E-state index contributed by atoms with van der Waals surface area (Å²) in [6.45, 7) is 0.234. The number of hydrogen-bond acceptors (Lipinski definition) is 6. The highest BCUT2D eigenvalue weighted by atomic mass is 32.1. The number of carbonyl (C=O) groups is 2. The zero-order valence-corrected chi connectivity index (χ0v) is 17.5. The molecule has 1 atom stereocenters. The third-order valence-corrected chi connectivity index (χ3v) is 5.96. The second-order valence-electron chi connectivity index (χ2n) is 7.25. The van der Waals surface area contributed by atoms with Crippen LogP contribution in [0.15, 0.2) is 77.6 Å². The van der Waals surface area contributed by atoms with E-state index in [9.17, 15) is 14.7 Å². The predicted molar refractivity (Wildman–Crippen MR) is 117 cm³/mol. The number of thiophene rings is 1. The predicted octanol–water partition coefficient (Wildman–Crippen LogP) is 3.99. The van der Waals surface area contributed by atoms with Crippen molar-refractivity contribution < 1.29 is 14.7 Å². The fourth-order valence-electron chi connectivity index (χ4n) is 3.58. The van der Waals surface area contributed by atoms with Crippen molar-refractivity contribution in [2.24, 2.45) is 0 Å². The summed E-state index contributed by atoms with van der Waals surface area (Å²) in [5, 5.41) is 12.5. The van der Waals surface area contributed by atoms with Crippen molar-refractivity contribution >= 4 is 28.7 Å². The van der Waals surface area contributed by atoms with E-state index in [2.05, 4.69) is 4.98 Å². The van der Waals surface area contributed by atoms with Gasteiger partial charge in [0, 0.05) is 38.7 Å². The van der Waals surface area contributed by atoms with Crippen LogP contribution in [0, 0.1) is 0 Å². The summed E-state index contributed by atoms with van der Waals surface area (Å²) in [4.78, 5) is 34.3. The minimum absolute atomic E-state index is 0.115. The van der Waals surface area contributed by atoms with Crippen LogP contribution in [0.4, 0.5) is 5.69 Å². The minimum Gasteiger partial charge on any atom is -0.503 e. The van der Waals surface area contributed by atoms with E-state index in [-0.39, 0.29) is 17.9 Å². The molecule has 30 heavy (non-hydrogen) atoms. The summed E-state index contributed by atoms with van der Waals surface area (Å²) in [7, 11) is 3.89. The zero-order valence-electron chi connectivity index (χ0n) is 16.6. The first-order valence-electron chi connectivity index (χ1n) is 9.46. The van der Waals surface area contributed by atoms with Crippen LogP contribution in [-0.4, -0.2) is 40.8 Å². The van der Waals surface area contributed by atoms with Gasteiger partial charge in [-0.05, 0) is 40.8 Å².